The molecule has 0 aliphatic heterocycles. The SMILES string of the molecule is Clc1nnc(Cl)c(Nc2ccsc2)n1. The van der Waals surface area contributed by atoms with Crippen molar-refractivity contribution in [2.45, 2.75) is 0 Å². The van der Waals surface area contributed by atoms with Crippen molar-refractivity contribution < 1.29 is 0 Å². The normalized spacial score (nSPS) is 10.1. The van der Waals surface area contributed by atoms with Crippen molar-refractivity contribution >= 4 is 46.0 Å². The van der Waals surface area contributed by atoms with Crippen LogP contribution in [0, 0.1) is 0 Å². The molecule has 2 heterocycles. The third-order valence-corrected chi connectivity index (χ3v) is 2.50. The summed E-state index contributed by atoms with van der Waals surface area (Å²) in [5, 5.41) is 14.2. The molecule has 72 valence electrons. The molecule has 0 fully saturated rings. The number of hydrogen-bond donors (Lipinski definition) is 1. The van der Waals surface area contributed by atoms with Gasteiger partial charge in [-0.15, -0.1) is 10.2 Å². The molecule has 0 amide bonds. The van der Waals surface area contributed by atoms with Crippen molar-refractivity contribution in [2.75, 3.05) is 5.32 Å². The maximum absolute atomic E-state index is 5.76. The van der Waals surface area contributed by atoms with Gasteiger partial charge in [0.2, 0.25) is 5.28 Å². The van der Waals surface area contributed by atoms with Gasteiger partial charge >= 0.3 is 0 Å². The monoisotopic (exact) mass is 246 g/mol. The molecule has 0 aromatic carbocycles. The lowest BCUT2D eigenvalue weighted by atomic mass is 10.5. The Bertz CT molecular complexity index is 431. The Morgan fingerprint density at radius 1 is 1.29 bits per heavy atom. The van der Waals surface area contributed by atoms with Gasteiger partial charge in [-0.25, -0.2) is 0 Å². The van der Waals surface area contributed by atoms with Crippen LogP contribution in [-0.2, 0) is 0 Å². The van der Waals surface area contributed by atoms with Gasteiger partial charge in [-0.1, -0.05) is 11.6 Å². The van der Waals surface area contributed by atoms with E-state index in [-0.39, 0.29) is 10.4 Å². The van der Waals surface area contributed by atoms with E-state index < -0.39 is 0 Å². The van der Waals surface area contributed by atoms with Crippen LogP contribution in [0.3, 0.4) is 0 Å². The smallest absolute Gasteiger partial charge is 0.245 e. The lowest BCUT2D eigenvalue weighted by Crippen LogP contribution is -1.97. The lowest BCUT2D eigenvalue weighted by Gasteiger charge is -2.02. The zero-order valence-electron chi connectivity index (χ0n) is 6.74. The Labute approximate surface area is 93.9 Å². The van der Waals surface area contributed by atoms with Crippen LogP contribution in [-0.4, -0.2) is 15.2 Å². The van der Waals surface area contributed by atoms with Crippen LogP contribution in [0.4, 0.5) is 11.5 Å². The molecule has 2 rings (SSSR count). The minimum absolute atomic E-state index is 0.0622. The second-order valence-electron chi connectivity index (χ2n) is 2.36. The number of thiophene rings is 1. The molecular weight excluding hydrogens is 243 g/mol. The van der Waals surface area contributed by atoms with E-state index in [2.05, 4.69) is 20.5 Å². The average molecular weight is 247 g/mol. The van der Waals surface area contributed by atoms with E-state index in [4.69, 9.17) is 23.2 Å². The first kappa shape index (κ1) is 9.64. The van der Waals surface area contributed by atoms with Gasteiger partial charge in [0, 0.05) is 5.38 Å². The summed E-state index contributed by atoms with van der Waals surface area (Å²) in [7, 11) is 0. The van der Waals surface area contributed by atoms with Crippen LogP contribution in [0.15, 0.2) is 16.8 Å². The molecule has 0 unspecified atom stereocenters. The minimum Gasteiger partial charge on any atom is -0.337 e. The molecule has 2 aromatic heterocycles. The van der Waals surface area contributed by atoms with Crippen molar-refractivity contribution in [1.82, 2.24) is 15.2 Å². The van der Waals surface area contributed by atoms with Crippen molar-refractivity contribution in [2.24, 2.45) is 0 Å². The molecule has 0 aliphatic carbocycles. The van der Waals surface area contributed by atoms with Gasteiger partial charge in [0.15, 0.2) is 11.0 Å². The fourth-order valence-corrected chi connectivity index (χ4v) is 1.68. The van der Waals surface area contributed by atoms with Gasteiger partial charge in [0.1, 0.15) is 0 Å². The first-order chi connectivity index (χ1) is 6.75. The fraction of sp³-hybridized carbons (Fsp3) is 0. The maximum atomic E-state index is 5.76. The van der Waals surface area contributed by atoms with E-state index in [1.165, 1.54) is 0 Å². The fourth-order valence-electron chi connectivity index (χ4n) is 0.845. The zero-order chi connectivity index (χ0) is 9.97. The van der Waals surface area contributed by atoms with Crippen molar-refractivity contribution in [3.8, 4) is 0 Å². The summed E-state index contributed by atoms with van der Waals surface area (Å²) < 4.78 is 0. The summed E-state index contributed by atoms with van der Waals surface area (Å²) in [6, 6.07) is 1.90. The third-order valence-electron chi connectivity index (χ3n) is 1.40. The Morgan fingerprint density at radius 3 is 2.86 bits per heavy atom. The van der Waals surface area contributed by atoms with Gasteiger partial charge in [-0.05, 0) is 23.0 Å². The second-order valence-corrected chi connectivity index (χ2v) is 3.83. The Hall–Kier alpha value is -0.910. The summed E-state index contributed by atoms with van der Waals surface area (Å²) in [6.45, 7) is 0. The van der Waals surface area contributed by atoms with Gasteiger partial charge in [-0.3, -0.25) is 0 Å². The van der Waals surface area contributed by atoms with Gasteiger partial charge in [-0.2, -0.15) is 16.3 Å². The zero-order valence-corrected chi connectivity index (χ0v) is 9.07. The summed E-state index contributed by atoms with van der Waals surface area (Å²) in [4.78, 5) is 3.90. The summed E-state index contributed by atoms with van der Waals surface area (Å²) in [5.41, 5.74) is 0.897. The van der Waals surface area contributed by atoms with Crippen LogP contribution in [0.1, 0.15) is 0 Å². The van der Waals surface area contributed by atoms with Crippen LogP contribution in [0.2, 0.25) is 10.4 Å². The van der Waals surface area contributed by atoms with Gasteiger partial charge in [0.05, 0.1) is 5.69 Å². The molecule has 0 saturated carbocycles. The molecule has 7 heteroatoms. The summed E-state index contributed by atoms with van der Waals surface area (Å²) in [6.07, 6.45) is 0. The molecular formula is C7H4Cl2N4S. The lowest BCUT2D eigenvalue weighted by molar-refractivity contribution is 0.975. The molecule has 1 N–H and O–H groups in total. The average Bonchev–Trinajstić information content (AvgIpc) is 2.64. The molecule has 0 atom stereocenters. The molecule has 0 spiro atoms. The van der Waals surface area contributed by atoms with E-state index in [0.29, 0.717) is 5.82 Å². The first-order valence-electron chi connectivity index (χ1n) is 3.60. The summed E-state index contributed by atoms with van der Waals surface area (Å²) in [5.74, 6) is 0.407. The van der Waals surface area contributed by atoms with Crippen molar-refractivity contribution in [3.63, 3.8) is 0 Å². The highest BCUT2D eigenvalue weighted by atomic mass is 35.5. The first-order valence-corrected chi connectivity index (χ1v) is 5.30. The second kappa shape index (κ2) is 4.08. The predicted molar refractivity (Wildman–Crippen MR) is 57.4 cm³/mol. The van der Waals surface area contributed by atoms with Crippen LogP contribution < -0.4 is 5.32 Å². The Balaban J connectivity index is 2.28. The largest absolute Gasteiger partial charge is 0.337 e. The molecule has 2 aromatic rings. The van der Waals surface area contributed by atoms with Crippen LogP contribution in [0.25, 0.3) is 0 Å². The molecule has 4 nitrogen and oxygen atoms in total. The molecule has 14 heavy (non-hydrogen) atoms. The number of nitrogens with one attached hydrogen (secondary N) is 1. The maximum Gasteiger partial charge on any atom is 0.245 e. The Morgan fingerprint density at radius 2 is 2.14 bits per heavy atom. The number of rotatable bonds is 2. The number of hydrogen-bond acceptors (Lipinski definition) is 5. The molecule has 0 bridgehead atoms. The van der Waals surface area contributed by atoms with E-state index in [9.17, 15) is 0 Å². The number of aromatic nitrogens is 3. The highest BCUT2D eigenvalue weighted by Crippen LogP contribution is 2.22. The molecule has 0 aliphatic rings. The van der Waals surface area contributed by atoms with Crippen molar-refractivity contribution in [3.05, 3.63) is 27.3 Å². The van der Waals surface area contributed by atoms with Gasteiger partial charge < -0.3 is 5.32 Å². The number of nitrogens with zero attached hydrogens (tertiary/aromatic N) is 3. The van der Waals surface area contributed by atoms with Crippen LogP contribution in [0.5, 0.6) is 0 Å². The standard InChI is InChI=1S/C7H4Cl2N4S/c8-5-6(11-7(9)13-12-5)10-4-1-2-14-3-4/h1-3H,(H,10,11,13). The highest BCUT2D eigenvalue weighted by molar-refractivity contribution is 7.08. The predicted octanol–water partition coefficient (Wildman–Crippen LogP) is 2.98. The highest BCUT2D eigenvalue weighted by Gasteiger charge is 2.05. The number of halogens is 2. The minimum atomic E-state index is 0.0622. The van der Waals surface area contributed by atoms with Gasteiger partial charge in [0.25, 0.3) is 0 Å². The van der Waals surface area contributed by atoms with E-state index >= 15 is 0 Å². The summed E-state index contributed by atoms with van der Waals surface area (Å²) >= 11 is 12.9. The van der Waals surface area contributed by atoms with E-state index in [0.717, 1.165) is 5.69 Å². The Kier molecular flexibility index (Phi) is 2.81. The third kappa shape index (κ3) is 2.12. The quantitative estimate of drug-likeness (QED) is 0.886. The number of anilines is 2. The van der Waals surface area contributed by atoms with E-state index in [1.807, 2.05) is 16.8 Å². The van der Waals surface area contributed by atoms with Crippen molar-refractivity contribution in [1.29, 1.82) is 0 Å². The molecule has 0 saturated heterocycles. The van der Waals surface area contributed by atoms with Crippen LogP contribution >= 0.6 is 34.5 Å². The topological polar surface area (TPSA) is 50.7 Å². The molecule has 0 radical (unpaired) electrons. The van der Waals surface area contributed by atoms with E-state index in [1.54, 1.807) is 11.3 Å².